The largest absolute Gasteiger partial charge is 0.374 e. The van der Waals surface area contributed by atoms with E-state index in [2.05, 4.69) is 22.1 Å². The number of benzene rings is 1. The Hall–Kier alpha value is -2.67. The molecule has 4 rings (SSSR count). The van der Waals surface area contributed by atoms with Crippen molar-refractivity contribution in [2.24, 2.45) is 17.6 Å². The molecule has 1 amide bonds. The number of primary amides is 1. The molecule has 1 aliphatic heterocycles. The van der Waals surface area contributed by atoms with Crippen LogP contribution in [0.25, 0.3) is 0 Å². The molecule has 1 aromatic heterocycles. The predicted octanol–water partition coefficient (Wildman–Crippen LogP) is 3.35. The summed E-state index contributed by atoms with van der Waals surface area (Å²) in [6, 6.07) is 8.39. The van der Waals surface area contributed by atoms with Gasteiger partial charge in [0.05, 0.1) is 11.7 Å². The first kappa shape index (κ1) is 19.6. The standard InChI is InChI=1S/C22H27FN4O2/c1-11-20(26-19-9-7-17(23)12(2)25-19)16-10-15(22(24)29)6-8-18(16)27(13(3)28)21(11)14-4-5-14/h6-11,13-14,20-21,28H,4-5H2,1-3H3,(H2,24,29)(H,25,26)/t11-,13?,20-,21-/m1/s1. The zero-order chi connectivity index (χ0) is 20.9. The first-order chi connectivity index (χ1) is 13.8. The van der Waals surface area contributed by atoms with E-state index < -0.39 is 12.1 Å². The van der Waals surface area contributed by atoms with E-state index in [9.17, 15) is 14.3 Å². The van der Waals surface area contributed by atoms with Crippen LogP contribution in [0.2, 0.25) is 0 Å². The Morgan fingerprint density at radius 2 is 2.07 bits per heavy atom. The molecule has 7 heteroatoms. The lowest BCUT2D eigenvalue weighted by Gasteiger charge is -2.48. The van der Waals surface area contributed by atoms with Crippen LogP contribution >= 0.6 is 0 Å². The number of fused-ring (bicyclic) bond motifs is 1. The number of hydrogen-bond acceptors (Lipinski definition) is 5. The topological polar surface area (TPSA) is 91.5 Å². The molecule has 1 aliphatic carbocycles. The number of rotatable bonds is 5. The highest BCUT2D eigenvalue weighted by Crippen LogP contribution is 2.50. The molecule has 0 radical (unpaired) electrons. The second kappa shape index (κ2) is 7.30. The Kier molecular flexibility index (Phi) is 4.94. The van der Waals surface area contributed by atoms with Gasteiger partial charge in [-0.15, -0.1) is 0 Å². The molecule has 1 fully saturated rings. The number of carbonyl (C=O) groups is 1. The van der Waals surface area contributed by atoms with Crippen molar-refractivity contribution < 1.29 is 14.3 Å². The van der Waals surface area contributed by atoms with E-state index in [1.165, 1.54) is 6.07 Å². The number of nitrogens with two attached hydrogens (primary N) is 1. The first-order valence-corrected chi connectivity index (χ1v) is 10.1. The third kappa shape index (κ3) is 3.55. The third-order valence-electron chi connectivity index (χ3n) is 6.14. The normalized spacial score (nSPS) is 24.7. The fraction of sp³-hybridized carbons (Fsp3) is 0.455. The number of carbonyl (C=O) groups excluding carboxylic acids is 1. The molecule has 1 aromatic carbocycles. The van der Waals surface area contributed by atoms with Crippen molar-refractivity contribution in [3.8, 4) is 0 Å². The van der Waals surface area contributed by atoms with Crippen molar-refractivity contribution in [2.75, 3.05) is 10.2 Å². The number of aliphatic hydroxyl groups is 1. The molecule has 0 saturated heterocycles. The molecule has 2 heterocycles. The SMILES string of the molecule is Cc1nc(N[C@H]2c3cc(C(N)=O)ccc3N(C(C)O)[C@@H](C3CC3)[C@@H]2C)ccc1F. The average Bonchev–Trinajstić information content (AvgIpc) is 3.50. The van der Waals surface area contributed by atoms with E-state index in [0.717, 1.165) is 24.1 Å². The maximum Gasteiger partial charge on any atom is 0.248 e. The van der Waals surface area contributed by atoms with Gasteiger partial charge in [0.25, 0.3) is 0 Å². The average molecular weight is 398 g/mol. The molecule has 2 aromatic rings. The summed E-state index contributed by atoms with van der Waals surface area (Å²) in [5.74, 6) is 0.370. The van der Waals surface area contributed by atoms with Gasteiger partial charge in [0.1, 0.15) is 17.9 Å². The van der Waals surface area contributed by atoms with Crippen molar-refractivity contribution in [1.29, 1.82) is 0 Å². The van der Waals surface area contributed by atoms with Crippen molar-refractivity contribution in [1.82, 2.24) is 4.98 Å². The number of nitrogens with zero attached hydrogens (tertiary/aromatic N) is 2. The lowest BCUT2D eigenvalue weighted by atomic mass is 9.79. The van der Waals surface area contributed by atoms with Gasteiger partial charge in [-0.3, -0.25) is 4.79 Å². The molecule has 4 atom stereocenters. The molecule has 0 bridgehead atoms. The summed E-state index contributed by atoms with van der Waals surface area (Å²) < 4.78 is 13.7. The number of pyridine rings is 1. The minimum Gasteiger partial charge on any atom is -0.374 e. The minimum absolute atomic E-state index is 0.125. The van der Waals surface area contributed by atoms with E-state index in [1.807, 2.05) is 6.07 Å². The van der Waals surface area contributed by atoms with Crippen LogP contribution < -0.4 is 16.0 Å². The zero-order valence-corrected chi connectivity index (χ0v) is 16.9. The fourth-order valence-electron chi connectivity index (χ4n) is 4.62. The summed E-state index contributed by atoms with van der Waals surface area (Å²) >= 11 is 0. The molecule has 6 nitrogen and oxygen atoms in total. The molecule has 1 saturated carbocycles. The number of aromatic nitrogens is 1. The van der Waals surface area contributed by atoms with Gasteiger partial charge in [-0.05, 0) is 68.5 Å². The Balaban J connectivity index is 1.82. The molecule has 4 N–H and O–H groups in total. The van der Waals surface area contributed by atoms with Gasteiger partial charge in [0.15, 0.2) is 0 Å². The number of aryl methyl sites for hydroxylation is 1. The van der Waals surface area contributed by atoms with Crippen molar-refractivity contribution in [2.45, 2.75) is 51.9 Å². The second-order valence-electron chi connectivity index (χ2n) is 8.25. The van der Waals surface area contributed by atoms with E-state index in [-0.39, 0.29) is 23.8 Å². The van der Waals surface area contributed by atoms with Crippen LogP contribution in [0.5, 0.6) is 0 Å². The van der Waals surface area contributed by atoms with Gasteiger partial charge in [0, 0.05) is 23.2 Å². The lowest BCUT2D eigenvalue weighted by Crippen LogP contribution is -2.52. The van der Waals surface area contributed by atoms with Gasteiger partial charge in [-0.1, -0.05) is 6.92 Å². The molecule has 29 heavy (non-hydrogen) atoms. The summed E-state index contributed by atoms with van der Waals surface area (Å²) in [4.78, 5) is 18.2. The minimum atomic E-state index is -0.659. The summed E-state index contributed by atoms with van der Waals surface area (Å²) in [5, 5.41) is 14.0. The highest BCUT2D eigenvalue weighted by atomic mass is 19.1. The van der Waals surface area contributed by atoms with Crippen molar-refractivity contribution in [3.63, 3.8) is 0 Å². The molecule has 2 aliphatic rings. The van der Waals surface area contributed by atoms with Gasteiger partial charge >= 0.3 is 0 Å². The highest BCUT2D eigenvalue weighted by Gasteiger charge is 2.47. The summed E-state index contributed by atoms with van der Waals surface area (Å²) in [5.41, 5.74) is 8.04. The van der Waals surface area contributed by atoms with Crippen LogP contribution in [-0.2, 0) is 0 Å². The monoisotopic (exact) mass is 398 g/mol. The Bertz CT molecular complexity index is 944. The number of anilines is 2. The van der Waals surface area contributed by atoms with Crippen LogP contribution in [0.3, 0.4) is 0 Å². The quantitative estimate of drug-likeness (QED) is 0.718. The molecular formula is C22H27FN4O2. The van der Waals surface area contributed by atoms with E-state index in [4.69, 9.17) is 5.73 Å². The van der Waals surface area contributed by atoms with Crippen LogP contribution in [0, 0.1) is 24.6 Å². The summed E-state index contributed by atoms with van der Waals surface area (Å²) in [6.45, 7) is 5.55. The van der Waals surface area contributed by atoms with Gasteiger partial charge in [-0.25, -0.2) is 9.37 Å². The molecular weight excluding hydrogens is 371 g/mol. The van der Waals surface area contributed by atoms with Crippen LogP contribution in [0.4, 0.5) is 15.9 Å². The highest BCUT2D eigenvalue weighted by molar-refractivity contribution is 5.93. The number of halogens is 1. The fourth-order valence-corrected chi connectivity index (χ4v) is 4.62. The number of nitrogens with one attached hydrogen (secondary N) is 1. The molecule has 1 unspecified atom stereocenters. The number of hydrogen-bond donors (Lipinski definition) is 3. The number of aliphatic hydroxyl groups excluding tert-OH is 1. The zero-order valence-electron chi connectivity index (χ0n) is 16.9. The van der Waals surface area contributed by atoms with Gasteiger partial charge in [-0.2, -0.15) is 0 Å². The van der Waals surface area contributed by atoms with Crippen LogP contribution in [-0.4, -0.2) is 28.3 Å². The smallest absolute Gasteiger partial charge is 0.248 e. The van der Waals surface area contributed by atoms with Crippen LogP contribution in [0.1, 0.15) is 54.3 Å². The van der Waals surface area contributed by atoms with E-state index in [0.29, 0.717) is 23.0 Å². The van der Waals surface area contributed by atoms with Crippen LogP contribution in [0.15, 0.2) is 30.3 Å². The summed E-state index contributed by atoms with van der Waals surface area (Å²) in [7, 11) is 0. The van der Waals surface area contributed by atoms with Gasteiger partial charge < -0.3 is 21.1 Å². The molecule has 154 valence electrons. The van der Waals surface area contributed by atoms with Gasteiger partial charge in [0.2, 0.25) is 5.91 Å². The van der Waals surface area contributed by atoms with Crippen molar-refractivity contribution in [3.05, 3.63) is 53.0 Å². The predicted molar refractivity (Wildman–Crippen MR) is 110 cm³/mol. The Labute approximate surface area is 169 Å². The third-order valence-corrected chi connectivity index (χ3v) is 6.14. The lowest BCUT2D eigenvalue weighted by molar-refractivity contribution is 0.1000. The second-order valence-corrected chi connectivity index (χ2v) is 8.25. The summed E-state index contributed by atoms with van der Waals surface area (Å²) in [6.07, 6.45) is 1.61. The van der Waals surface area contributed by atoms with Crippen molar-refractivity contribution >= 4 is 17.4 Å². The maximum absolute atomic E-state index is 13.7. The van der Waals surface area contributed by atoms with E-state index >= 15 is 0 Å². The Morgan fingerprint density at radius 1 is 1.34 bits per heavy atom. The van der Waals surface area contributed by atoms with E-state index in [1.54, 1.807) is 32.0 Å². The Morgan fingerprint density at radius 3 is 2.66 bits per heavy atom. The number of amides is 1. The first-order valence-electron chi connectivity index (χ1n) is 10.1. The maximum atomic E-state index is 13.7. The molecule has 0 spiro atoms.